The van der Waals surface area contributed by atoms with E-state index in [1.54, 1.807) is 24.3 Å². The van der Waals surface area contributed by atoms with E-state index in [-0.39, 0.29) is 22.8 Å². The number of nitro benzene ring substituents is 1. The van der Waals surface area contributed by atoms with Crippen molar-refractivity contribution in [1.82, 2.24) is 10.0 Å². The minimum Gasteiger partial charge on any atom is -0.459 e. The Morgan fingerprint density at radius 2 is 1.64 bits per heavy atom. The van der Waals surface area contributed by atoms with E-state index < -0.39 is 39.9 Å². The standard InChI is InChI=1S/C17H17N3O7S/c21-16(10-19-28(25,26)14-7-2-1-3-8-14)18-11-17(22)27-12-13-6-4-5-9-15(13)20(23)24/h1-9,19H,10-12H2,(H,18,21). The van der Waals surface area contributed by atoms with Crippen molar-refractivity contribution in [1.29, 1.82) is 0 Å². The van der Waals surface area contributed by atoms with Gasteiger partial charge in [0.25, 0.3) is 5.69 Å². The van der Waals surface area contributed by atoms with E-state index in [9.17, 15) is 28.1 Å². The van der Waals surface area contributed by atoms with Gasteiger partial charge >= 0.3 is 5.97 Å². The van der Waals surface area contributed by atoms with Crippen LogP contribution in [0.4, 0.5) is 5.69 Å². The van der Waals surface area contributed by atoms with Gasteiger partial charge in [-0.25, -0.2) is 13.1 Å². The number of hydrogen-bond acceptors (Lipinski definition) is 7. The quantitative estimate of drug-likeness (QED) is 0.354. The zero-order valence-corrected chi connectivity index (χ0v) is 15.3. The Bertz CT molecular complexity index is 962. The summed E-state index contributed by atoms with van der Waals surface area (Å²) in [6, 6.07) is 13.3. The lowest BCUT2D eigenvalue weighted by atomic mass is 10.2. The first-order chi connectivity index (χ1) is 13.3. The fourth-order valence-electron chi connectivity index (χ4n) is 2.10. The summed E-state index contributed by atoms with van der Waals surface area (Å²) in [5, 5.41) is 13.1. The molecule has 11 heteroatoms. The SMILES string of the molecule is O=C(CNS(=O)(=O)c1ccccc1)NCC(=O)OCc1ccccc1[N+](=O)[O-]. The van der Waals surface area contributed by atoms with Crippen LogP contribution in [0.5, 0.6) is 0 Å². The average Bonchev–Trinajstić information content (AvgIpc) is 2.70. The monoisotopic (exact) mass is 407 g/mol. The molecule has 0 unspecified atom stereocenters. The van der Waals surface area contributed by atoms with Crippen LogP contribution in [0.2, 0.25) is 0 Å². The van der Waals surface area contributed by atoms with Crippen LogP contribution in [-0.2, 0) is 31.0 Å². The van der Waals surface area contributed by atoms with Gasteiger partial charge in [-0.2, -0.15) is 0 Å². The Labute approximate surface area is 160 Å². The molecule has 0 spiro atoms. The molecule has 28 heavy (non-hydrogen) atoms. The van der Waals surface area contributed by atoms with E-state index in [1.807, 2.05) is 0 Å². The van der Waals surface area contributed by atoms with Gasteiger partial charge in [-0.15, -0.1) is 0 Å². The van der Waals surface area contributed by atoms with Crippen molar-refractivity contribution in [3.63, 3.8) is 0 Å². The van der Waals surface area contributed by atoms with Crippen molar-refractivity contribution >= 4 is 27.6 Å². The molecule has 0 saturated carbocycles. The fraction of sp³-hybridized carbons (Fsp3) is 0.176. The molecule has 0 aromatic heterocycles. The third-order valence-electron chi connectivity index (χ3n) is 3.48. The molecule has 10 nitrogen and oxygen atoms in total. The number of sulfonamides is 1. The predicted octanol–water partition coefficient (Wildman–Crippen LogP) is 0.733. The molecule has 0 radical (unpaired) electrons. The van der Waals surface area contributed by atoms with E-state index in [0.717, 1.165) is 0 Å². The molecule has 2 N–H and O–H groups in total. The maximum Gasteiger partial charge on any atom is 0.325 e. The van der Waals surface area contributed by atoms with Crippen molar-refractivity contribution in [2.45, 2.75) is 11.5 Å². The summed E-state index contributed by atoms with van der Waals surface area (Å²) in [6.45, 7) is -1.40. The molecule has 1 amide bonds. The number of hydrogen-bond donors (Lipinski definition) is 2. The lowest BCUT2D eigenvalue weighted by molar-refractivity contribution is -0.385. The van der Waals surface area contributed by atoms with Crippen LogP contribution in [-0.4, -0.2) is 38.3 Å². The Balaban J connectivity index is 1.77. The van der Waals surface area contributed by atoms with E-state index in [0.29, 0.717) is 0 Å². The van der Waals surface area contributed by atoms with Crippen molar-refractivity contribution in [3.8, 4) is 0 Å². The highest BCUT2D eigenvalue weighted by Crippen LogP contribution is 2.18. The number of nitrogens with zero attached hydrogens (tertiary/aromatic N) is 1. The van der Waals surface area contributed by atoms with Crippen LogP contribution in [0.15, 0.2) is 59.5 Å². The highest BCUT2D eigenvalue weighted by molar-refractivity contribution is 7.89. The topological polar surface area (TPSA) is 145 Å². The Kier molecular flexibility index (Phi) is 7.18. The lowest BCUT2D eigenvalue weighted by Gasteiger charge is -2.08. The number of rotatable bonds is 9. The van der Waals surface area contributed by atoms with Gasteiger partial charge in [-0.1, -0.05) is 30.3 Å². The van der Waals surface area contributed by atoms with Crippen LogP contribution in [0.25, 0.3) is 0 Å². The molecule has 148 valence electrons. The third-order valence-corrected chi connectivity index (χ3v) is 4.90. The Hall–Kier alpha value is -3.31. The van der Waals surface area contributed by atoms with Gasteiger partial charge in [0, 0.05) is 6.07 Å². The molecular formula is C17H17N3O7S. The molecule has 2 aromatic carbocycles. The van der Waals surface area contributed by atoms with Crippen LogP contribution < -0.4 is 10.0 Å². The number of nitro groups is 1. The summed E-state index contributed by atoms with van der Waals surface area (Å²) in [4.78, 5) is 33.7. The first-order valence-corrected chi connectivity index (χ1v) is 9.47. The zero-order valence-electron chi connectivity index (χ0n) is 14.5. The highest BCUT2D eigenvalue weighted by Gasteiger charge is 2.16. The normalized spacial score (nSPS) is 10.9. The lowest BCUT2D eigenvalue weighted by Crippen LogP contribution is -2.39. The minimum atomic E-state index is -3.84. The van der Waals surface area contributed by atoms with Crippen LogP contribution in [0.1, 0.15) is 5.56 Å². The van der Waals surface area contributed by atoms with Gasteiger partial charge in [0.1, 0.15) is 13.2 Å². The highest BCUT2D eigenvalue weighted by atomic mass is 32.2. The van der Waals surface area contributed by atoms with E-state index >= 15 is 0 Å². The number of esters is 1. The summed E-state index contributed by atoms with van der Waals surface area (Å²) >= 11 is 0. The number of nitrogens with one attached hydrogen (secondary N) is 2. The summed E-state index contributed by atoms with van der Waals surface area (Å²) in [5.41, 5.74) is 0.0254. The van der Waals surface area contributed by atoms with E-state index in [4.69, 9.17) is 4.74 Å². The van der Waals surface area contributed by atoms with Gasteiger partial charge in [-0.05, 0) is 18.2 Å². The fourth-order valence-corrected chi connectivity index (χ4v) is 3.10. The average molecular weight is 407 g/mol. The first-order valence-electron chi connectivity index (χ1n) is 7.99. The van der Waals surface area contributed by atoms with Gasteiger partial charge in [0.15, 0.2) is 0 Å². The van der Waals surface area contributed by atoms with E-state index in [1.165, 1.54) is 30.3 Å². The largest absolute Gasteiger partial charge is 0.459 e. The van der Waals surface area contributed by atoms with Crippen LogP contribution >= 0.6 is 0 Å². The molecule has 0 aliphatic carbocycles. The maximum absolute atomic E-state index is 12.0. The van der Waals surface area contributed by atoms with Gasteiger partial charge in [0.05, 0.1) is 21.9 Å². The minimum absolute atomic E-state index is 0.00617. The zero-order chi connectivity index (χ0) is 20.6. The number of amides is 1. The second-order valence-corrected chi connectivity index (χ2v) is 7.23. The smallest absolute Gasteiger partial charge is 0.325 e. The molecule has 0 bridgehead atoms. The number of benzene rings is 2. The van der Waals surface area contributed by atoms with Crippen LogP contribution in [0, 0.1) is 10.1 Å². The Morgan fingerprint density at radius 1 is 1.00 bits per heavy atom. The van der Waals surface area contributed by atoms with Crippen molar-refractivity contribution in [3.05, 3.63) is 70.3 Å². The second kappa shape index (κ2) is 9.58. The Morgan fingerprint density at radius 3 is 2.32 bits per heavy atom. The number of carbonyl (C=O) groups excluding carboxylic acids is 2. The maximum atomic E-state index is 12.0. The molecule has 0 heterocycles. The van der Waals surface area contributed by atoms with Gasteiger partial charge < -0.3 is 10.1 Å². The van der Waals surface area contributed by atoms with Crippen molar-refractivity contribution in [2.75, 3.05) is 13.1 Å². The number of para-hydroxylation sites is 1. The molecule has 0 aliphatic rings. The molecule has 0 aliphatic heterocycles. The van der Waals surface area contributed by atoms with Crippen molar-refractivity contribution < 1.29 is 27.7 Å². The van der Waals surface area contributed by atoms with Gasteiger partial charge in [-0.3, -0.25) is 19.7 Å². The van der Waals surface area contributed by atoms with Crippen LogP contribution in [0.3, 0.4) is 0 Å². The molecule has 0 fully saturated rings. The van der Waals surface area contributed by atoms with Gasteiger partial charge in [0.2, 0.25) is 15.9 Å². The summed E-state index contributed by atoms with van der Waals surface area (Å²) < 4.78 is 31.0. The predicted molar refractivity (Wildman–Crippen MR) is 97.5 cm³/mol. The summed E-state index contributed by atoms with van der Waals surface area (Å²) in [7, 11) is -3.84. The van der Waals surface area contributed by atoms with Crippen molar-refractivity contribution in [2.24, 2.45) is 0 Å². The first kappa shape index (κ1) is 21.0. The summed E-state index contributed by atoms with van der Waals surface area (Å²) in [6.07, 6.45) is 0. The second-order valence-electron chi connectivity index (χ2n) is 5.46. The molecular weight excluding hydrogens is 390 g/mol. The summed E-state index contributed by atoms with van der Waals surface area (Å²) in [5.74, 6) is -1.56. The third kappa shape index (κ3) is 6.14. The number of ether oxygens (including phenoxy) is 1. The molecule has 2 rings (SSSR count). The van der Waals surface area contributed by atoms with E-state index in [2.05, 4.69) is 10.0 Å². The molecule has 0 atom stereocenters. The molecule has 2 aromatic rings. The number of carbonyl (C=O) groups is 2. The molecule has 0 saturated heterocycles.